The molecule has 0 radical (unpaired) electrons. The van der Waals surface area contributed by atoms with E-state index in [1.165, 1.54) is 23.3 Å². The Morgan fingerprint density at radius 3 is 2.61 bits per heavy atom. The molecular weight excluding hydrogens is 242 g/mol. The number of hydrogen-bond donors (Lipinski definition) is 1. The Morgan fingerprint density at radius 2 is 2.11 bits per heavy atom. The highest BCUT2D eigenvalue weighted by molar-refractivity contribution is 7.99. The van der Waals surface area contributed by atoms with Crippen LogP contribution in [0.25, 0.3) is 0 Å². The Morgan fingerprint density at radius 1 is 1.33 bits per heavy atom. The molecule has 2 aliphatic rings. The summed E-state index contributed by atoms with van der Waals surface area (Å²) in [7, 11) is 0. The Bertz CT molecular complexity index is 393. The summed E-state index contributed by atoms with van der Waals surface area (Å²) in [6.45, 7) is 5.12. The molecule has 0 spiro atoms. The van der Waals surface area contributed by atoms with Crippen LogP contribution in [0.1, 0.15) is 25.3 Å². The van der Waals surface area contributed by atoms with Crippen LogP contribution in [-0.4, -0.2) is 31.6 Å². The zero-order valence-corrected chi connectivity index (χ0v) is 11.8. The summed E-state index contributed by atoms with van der Waals surface area (Å²) >= 11 is 1.91. The van der Waals surface area contributed by atoms with E-state index in [1.807, 2.05) is 11.8 Å². The van der Waals surface area contributed by atoms with Gasteiger partial charge in [-0.3, -0.25) is 0 Å². The van der Waals surface area contributed by atoms with Gasteiger partial charge in [0.05, 0.1) is 18.6 Å². The molecule has 2 fully saturated rings. The molecule has 2 aliphatic heterocycles. The SMILES string of the molecule is CCSc1ccc(C2(C3CCCN3)COC2)cc1. The first-order valence-electron chi connectivity index (χ1n) is 6.89. The van der Waals surface area contributed by atoms with Gasteiger partial charge in [-0.2, -0.15) is 0 Å². The van der Waals surface area contributed by atoms with Crippen LogP contribution in [0.4, 0.5) is 0 Å². The summed E-state index contributed by atoms with van der Waals surface area (Å²) in [5.41, 5.74) is 1.69. The van der Waals surface area contributed by atoms with Crippen molar-refractivity contribution in [2.75, 3.05) is 25.5 Å². The van der Waals surface area contributed by atoms with E-state index in [9.17, 15) is 0 Å². The fourth-order valence-corrected chi connectivity index (χ4v) is 3.76. The van der Waals surface area contributed by atoms with Gasteiger partial charge in [0.25, 0.3) is 0 Å². The molecule has 1 atom stereocenters. The molecule has 2 nitrogen and oxygen atoms in total. The van der Waals surface area contributed by atoms with Crippen molar-refractivity contribution in [1.29, 1.82) is 0 Å². The standard InChI is InChI=1S/C15H21NOS/c1-2-18-13-7-5-12(6-8-13)15(10-17-11-15)14-4-3-9-16-14/h5-8,14,16H,2-4,9-11H2,1H3. The topological polar surface area (TPSA) is 21.3 Å². The third-order valence-electron chi connectivity index (χ3n) is 4.19. The van der Waals surface area contributed by atoms with Gasteiger partial charge in [0.1, 0.15) is 0 Å². The molecule has 0 bridgehead atoms. The Balaban J connectivity index is 1.82. The molecule has 2 saturated heterocycles. The zero-order valence-electron chi connectivity index (χ0n) is 10.9. The van der Waals surface area contributed by atoms with Crippen LogP contribution in [0.3, 0.4) is 0 Å². The summed E-state index contributed by atoms with van der Waals surface area (Å²) in [6.07, 6.45) is 2.59. The van der Waals surface area contributed by atoms with Gasteiger partial charge in [0.15, 0.2) is 0 Å². The molecule has 0 aliphatic carbocycles. The first-order chi connectivity index (χ1) is 8.85. The second-order valence-electron chi connectivity index (χ2n) is 5.26. The van der Waals surface area contributed by atoms with Crippen molar-refractivity contribution in [2.45, 2.75) is 36.1 Å². The average molecular weight is 263 g/mol. The third kappa shape index (κ3) is 2.09. The van der Waals surface area contributed by atoms with Crippen LogP contribution >= 0.6 is 11.8 Å². The minimum Gasteiger partial charge on any atom is -0.379 e. The summed E-state index contributed by atoms with van der Waals surface area (Å²) in [6, 6.07) is 9.74. The molecule has 98 valence electrons. The second-order valence-corrected chi connectivity index (χ2v) is 6.59. The quantitative estimate of drug-likeness (QED) is 0.844. The van der Waals surface area contributed by atoms with Gasteiger partial charge in [-0.25, -0.2) is 0 Å². The van der Waals surface area contributed by atoms with Crippen molar-refractivity contribution in [1.82, 2.24) is 5.32 Å². The van der Waals surface area contributed by atoms with Crippen molar-refractivity contribution in [3.63, 3.8) is 0 Å². The van der Waals surface area contributed by atoms with E-state index in [0.29, 0.717) is 6.04 Å². The fraction of sp³-hybridized carbons (Fsp3) is 0.600. The van der Waals surface area contributed by atoms with Crippen LogP contribution < -0.4 is 5.32 Å². The first-order valence-corrected chi connectivity index (χ1v) is 7.88. The largest absolute Gasteiger partial charge is 0.379 e. The summed E-state index contributed by atoms with van der Waals surface area (Å²) in [4.78, 5) is 1.37. The van der Waals surface area contributed by atoms with Gasteiger partial charge in [-0.05, 0) is 42.8 Å². The van der Waals surface area contributed by atoms with Crippen LogP contribution in [0, 0.1) is 0 Å². The monoisotopic (exact) mass is 263 g/mol. The van der Waals surface area contributed by atoms with E-state index in [4.69, 9.17) is 4.74 Å². The van der Waals surface area contributed by atoms with Gasteiger partial charge >= 0.3 is 0 Å². The first kappa shape index (κ1) is 12.5. The average Bonchev–Trinajstić information content (AvgIpc) is 2.84. The highest BCUT2D eigenvalue weighted by Gasteiger charge is 2.47. The van der Waals surface area contributed by atoms with Crippen LogP contribution in [0.5, 0.6) is 0 Å². The molecule has 3 heteroatoms. The van der Waals surface area contributed by atoms with Crippen molar-refractivity contribution in [3.05, 3.63) is 29.8 Å². The number of benzene rings is 1. The smallest absolute Gasteiger partial charge is 0.0600 e. The van der Waals surface area contributed by atoms with Gasteiger partial charge in [0, 0.05) is 10.9 Å². The highest BCUT2D eigenvalue weighted by Crippen LogP contribution is 2.39. The second kappa shape index (κ2) is 5.24. The van der Waals surface area contributed by atoms with E-state index < -0.39 is 0 Å². The van der Waals surface area contributed by atoms with Crippen molar-refractivity contribution in [2.24, 2.45) is 0 Å². The number of rotatable bonds is 4. The molecule has 0 amide bonds. The lowest BCUT2D eigenvalue weighted by Gasteiger charge is -2.46. The predicted octanol–water partition coefficient (Wildman–Crippen LogP) is 2.82. The Labute approximate surface area is 113 Å². The van der Waals surface area contributed by atoms with E-state index in [-0.39, 0.29) is 5.41 Å². The van der Waals surface area contributed by atoms with E-state index in [0.717, 1.165) is 25.5 Å². The summed E-state index contributed by atoms with van der Waals surface area (Å²) < 4.78 is 5.54. The fourth-order valence-electron chi connectivity index (χ4n) is 3.10. The van der Waals surface area contributed by atoms with Crippen molar-refractivity contribution < 1.29 is 4.74 Å². The Kier molecular flexibility index (Phi) is 3.64. The number of ether oxygens (including phenoxy) is 1. The predicted molar refractivity (Wildman–Crippen MR) is 76.4 cm³/mol. The normalized spacial score (nSPS) is 25.9. The van der Waals surface area contributed by atoms with Crippen LogP contribution in [0.15, 0.2) is 29.2 Å². The van der Waals surface area contributed by atoms with Gasteiger partial charge in [-0.1, -0.05) is 19.1 Å². The number of thioether (sulfide) groups is 1. The van der Waals surface area contributed by atoms with Crippen molar-refractivity contribution >= 4 is 11.8 Å². The molecule has 1 N–H and O–H groups in total. The number of hydrogen-bond acceptors (Lipinski definition) is 3. The molecule has 2 heterocycles. The van der Waals surface area contributed by atoms with E-state index in [2.05, 4.69) is 36.5 Å². The molecule has 3 rings (SSSR count). The lowest BCUT2D eigenvalue weighted by atomic mass is 9.72. The van der Waals surface area contributed by atoms with E-state index >= 15 is 0 Å². The summed E-state index contributed by atoms with van der Waals surface area (Å²) in [5.74, 6) is 1.14. The molecule has 1 aromatic rings. The molecule has 0 saturated carbocycles. The van der Waals surface area contributed by atoms with Crippen LogP contribution in [0.2, 0.25) is 0 Å². The lowest BCUT2D eigenvalue weighted by molar-refractivity contribution is -0.0761. The van der Waals surface area contributed by atoms with Crippen molar-refractivity contribution in [3.8, 4) is 0 Å². The molecule has 0 aromatic heterocycles. The van der Waals surface area contributed by atoms with Crippen LogP contribution in [-0.2, 0) is 10.2 Å². The minimum absolute atomic E-state index is 0.242. The van der Waals surface area contributed by atoms with E-state index in [1.54, 1.807) is 0 Å². The van der Waals surface area contributed by atoms with Gasteiger partial charge in [0.2, 0.25) is 0 Å². The van der Waals surface area contributed by atoms with Gasteiger partial charge < -0.3 is 10.1 Å². The summed E-state index contributed by atoms with van der Waals surface area (Å²) in [5, 5.41) is 3.65. The molecular formula is C15H21NOS. The maximum absolute atomic E-state index is 5.54. The third-order valence-corrected chi connectivity index (χ3v) is 5.08. The lowest BCUT2D eigenvalue weighted by Crippen LogP contribution is -2.58. The minimum atomic E-state index is 0.242. The zero-order chi connectivity index (χ0) is 12.4. The number of nitrogens with one attached hydrogen (secondary N) is 1. The maximum Gasteiger partial charge on any atom is 0.0600 e. The molecule has 1 unspecified atom stereocenters. The highest BCUT2D eigenvalue weighted by atomic mass is 32.2. The molecule has 18 heavy (non-hydrogen) atoms. The van der Waals surface area contributed by atoms with Gasteiger partial charge in [-0.15, -0.1) is 11.8 Å². The Hall–Kier alpha value is -0.510. The maximum atomic E-state index is 5.54. The molecule has 1 aromatic carbocycles.